The first-order valence-electron chi connectivity index (χ1n) is 7.87. The van der Waals surface area contributed by atoms with Crippen molar-refractivity contribution in [3.63, 3.8) is 0 Å². The standard InChI is InChI=1S/C15H27N5O3/c1-13-10-20(18-17-13)8-5-4-6-14(21)11-19(3)15(22)12-23-9-7-16-2/h10,16H,4-9,11-12H2,1-3H3. The van der Waals surface area contributed by atoms with E-state index in [1.165, 1.54) is 4.90 Å². The van der Waals surface area contributed by atoms with Crippen LogP contribution in [0.25, 0.3) is 0 Å². The molecular weight excluding hydrogens is 298 g/mol. The minimum absolute atomic E-state index is 0.0110. The second-order valence-electron chi connectivity index (χ2n) is 5.52. The monoisotopic (exact) mass is 325 g/mol. The summed E-state index contributed by atoms with van der Waals surface area (Å²) < 4.78 is 6.98. The Morgan fingerprint density at radius 3 is 2.83 bits per heavy atom. The maximum Gasteiger partial charge on any atom is 0.248 e. The SMILES string of the molecule is CNCCOCC(=O)N(C)CC(=O)CCCCn1cc(C)nn1. The van der Waals surface area contributed by atoms with Gasteiger partial charge in [0.1, 0.15) is 6.61 Å². The van der Waals surface area contributed by atoms with E-state index in [0.717, 1.165) is 25.1 Å². The van der Waals surface area contributed by atoms with Crippen LogP contribution in [0.15, 0.2) is 6.20 Å². The lowest BCUT2D eigenvalue weighted by atomic mass is 10.1. The fourth-order valence-electron chi connectivity index (χ4n) is 1.98. The van der Waals surface area contributed by atoms with Crippen LogP contribution in [0, 0.1) is 6.92 Å². The van der Waals surface area contributed by atoms with E-state index < -0.39 is 0 Å². The van der Waals surface area contributed by atoms with Gasteiger partial charge in [-0.2, -0.15) is 0 Å². The van der Waals surface area contributed by atoms with E-state index in [1.54, 1.807) is 11.7 Å². The first kappa shape index (κ1) is 19.2. The van der Waals surface area contributed by atoms with Gasteiger partial charge < -0.3 is 15.0 Å². The number of Topliss-reactive ketones (excluding diaryl/α,β-unsaturated/α-hetero) is 1. The van der Waals surface area contributed by atoms with Crippen LogP contribution in [-0.4, -0.2) is 72.0 Å². The van der Waals surface area contributed by atoms with Crippen LogP contribution in [-0.2, 0) is 20.9 Å². The molecule has 8 heteroatoms. The number of rotatable bonds is 12. The average Bonchev–Trinajstić information content (AvgIpc) is 2.93. The Morgan fingerprint density at radius 1 is 1.39 bits per heavy atom. The third kappa shape index (κ3) is 8.41. The first-order valence-corrected chi connectivity index (χ1v) is 7.87. The van der Waals surface area contributed by atoms with Gasteiger partial charge in [-0.3, -0.25) is 14.3 Å². The van der Waals surface area contributed by atoms with E-state index in [-0.39, 0.29) is 24.8 Å². The smallest absolute Gasteiger partial charge is 0.248 e. The average molecular weight is 325 g/mol. The fourth-order valence-corrected chi connectivity index (χ4v) is 1.98. The summed E-state index contributed by atoms with van der Waals surface area (Å²) in [5.74, 6) is -0.113. The Morgan fingerprint density at radius 2 is 2.17 bits per heavy atom. The third-order valence-corrected chi connectivity index (χ3v) is 3.31. The van der Waals surface area contributed by atoms with Gasteiger partial charge >= 0.3 is 0 Å². The molecule has 23 heavy (non-hydrogen) atoms. The van der Waals surface area contributed by atoms with Crippen molar-refractivity contribution in [3.8, 4) is 0 Å². The zero-order valence-corrected chi connectivity index (χ0v) is 14.2. The highest BCUT2D eigenvalue weighted by atomic mass is 16.5. The molecule has 0 fully saturated rings. The molecule has 8 nitrogen and oxygen atoms in total. The summed E-state index contributed by atoms with van der Waals surface area (Å²) in [6, 6.07) is 0. The number of nitrogens with one attached hydrogen (secondary N) is 1. The van der Waals surface area contributed by atoms with Crippen molar-refractivity contribution in [2.45, 2.75) is 32.7 Å². The summed E-state index contributed by atoms with van der Waals surface area (Å²) in [6.45, 7) is 3.96. The maximum atomic E-state index is 11.9. The second kappa shape index (κ2) is 10.8. The Bertz CT molecular complexity index is 489. The Hall–Kier alpha value is -1.80. The molecule has 0 aliphatic heterocycles. The van der Waals surface area contributed by atoms with Gasteiger partial charge in [0.25, 0.3) is 0 Å². The molecule has 1 amide bonds. The number of hydrogen-bond acceptors (Lipinski definition) is 6. The molecule has 0 spiro atoms. The van der Waals surface area contributed by atoms with E-state index in [4.69, 9.17) is 4.74 Å². The number of hydrogen-bond donors (Lipinski definition) is 1. The van der Waals surface area contributed by atoms with Crippen LogP contribution in [0.4, 0.5) is 0 Å². The number of nitrogens with zero attached hydrogens (tertiary/aromatic N) is 4. The van der Waals surface area contributed by atoms with Gasteiger partial charge in [-0.1, -0.05) is 5.21 Å². The molecule has 0 saturated heterocycles. The molecule has 1 heterocycles. The van der Waals surface area contributed by atoms with Crippen LogP contribution in [0.2, 0.25) is 0 Å². The highest BCUT2D eigenvalue weighted by molar-refractivity contribution is 5.86. The lowest BCUT2D eigenvalue weighted by Gasteiger charge is -2.16. The zero-order valence-electron chi connectivity index (χ0n) is 14.2. The minimum Gasteiger partial charge on any atom is -0.370 e. The van der Waals surface area contributed by atoms with E-state index >= 15 is 0 Å². The van der Waals surface area contributed by atoms with Gasteiger partial charge in [0.05, 0.1) is 18.8 Å². The molecule has 1 aromatic heterocycles. The third-order valence-electron chi connectivity index (χ3n) is 3.31. The zero-order chi connectivity index (χ0) is 17.1. The topological polar surface area (TPSA) is 89.4 Å². The molecule has 0 bridgehead atoms. The summed E-state index contributed by atoms with van der Waals surface area (Å²) in [6.07, 6.45) is 3.98. The fraction of sp³-hybridized carbons (Fsp3) is 0.733. The maximum absolute atomic E-state index is 11.9. The van der Waals surface area contributed by atoms with Crippen molar-refractivity contribution in [1.82, 2.24) is 25.2 Å². The van der Waals surface area contributed by atoms with Crippen molar-refractivity contribution in [3.05, 3.63) is 11.9 Å². The van der Waals surface area contributed by atoms with Gasteiger partial charge in [0, 0.05) is 32.8 Å². The van der Waals surface area contributed by atoms with Crippen molar-refractivity contribution < 1.29 is 14.3 Å². The number of carbonyl (C=O) groups excluding carboxylic acids is 2. The van der Waals surface area contributed by atoms with Gasteiger partial charge in [-0.25, -0.2) is 0 Å². The molecule has 0 aliphatic rings. The number of unbranched alkanes of at least 4 members (excludes halogenated alkanes) is 1. The predicted octanol–water partition coefficient (Wildman–Crippen LogP) is 0.0203. The number of ether oxygens (including phenoxy) is 1. The van der Waals surface area contributed by atoms with Crippen molar-refractivity contribution >= 4 is 11.7 Å². The quantitative estimate of drug-likeness (QED) is 0.545. The molecule has 1 aromatic rings. The molecule has 1 N–H and O–H groups in total. The van der Waals surface area contributed by atoms with Crippen molar-refractivity contribution in [2.24, 2.45) is 0 Å². The summed E-state index contributed by atoms with van der Waals surface area (Å²) in [7, 11) is 3.44. The summed E-state index contributed by atoms with van der Waals surface area (Å²) in [5, 5.41) is 10.8. The molecule has 0 unspecified atom stereocenters. The minimum atomic E-state index is -0.174. The number of ketones is 1. The van der Waals surface area contributed by atoms with Crippen LogP contribution in [0.3, 0.4) is 0 Å². The molecule has 0 aliphatic carbocycles. The Balaban J connectivity index is 2.11. The van der Waals surface area contributed by atoms with Crippen molar-refractivity contribution in [2.75, 3.05) is 40.4 Å². The number of amides is 1. The van der Waals surface area contributed by atoms with Gasteiger partial charge in [-0.05, 0) is 26.8 Å². The Labute approximate surface area is 137 Å². The first-order chi connectivity index (χ1) is 11.0. The predicted molar refractivity (Wildman–Crippen MR) is 86.0 cm³/mol. The molecular formula is C15H27N5O3. The number of likely N-dealkylation sites (N-methyl/N-ethyl adjacent to an activating group) is 2. The molecule has 130 valence electrons. The lowest BCUT2D eigenvalue weighted by molar-refractivity contribution is -0.138. The highest BCUT2D eigenvalue weighted by Crippen LogP contribution is 2.01. The van der Waals surface area contributed by atoms with E-state index in [9.17, 15) is 9.59 Å². The lowest BCUT2D eigenvalue weighted by Crippen LogP contribution is -2.35. The van der Waals surface area contributed by atoms with Crippen LogP contribution in [0.1, 0.15) is 25.0 Å². The van der Waals surface area contributed by atoms with Crippen LogP contribution < -0.4 is 5.32 Å². The number of carbonyl (C=O) groups is 2. The van der Waals surface area contributed by atoms with Gasteiger partial charge in [0.2, 0.25) is 5.91 Å². The van der Waals surface area contributed by atoms with Crippen molar-refractivity contribution in [1.29, 1.82) is 0 Å². The summed E-state index contributed by atoms with van der Waals surface area (Å²) in [5.41, 5.74) is 0.887. The molecule has 0 saturated carbocycles. The number of aryl methyl sites for hydroxylation is 2. The number of aromatic nitrogens is 3. The van der Waals surface area contributed by atoms with Gasteiger partial charge in [-0.15, -0.1) is 5.10 Å². The molecule has 0 radical (unpaired) electrons. The summed E-state index contributed by atoms with van der Waals surface area (Å²) >= 11 is 0. The van der Waals surface area contributed by atoms with Crippen LogP contribution >= 0.6 is 0 Å². The normalized spacial score (nSPS) is 10.7. The molecule has 1 rings (SSSR count). The summed E-state index contributed by atoms with van der Waals surface area (Å²) in [4.78, 5) is 25.1. The van der Waals surface area contributed by atoms with Gasteiger partial charge in [0.15, 0.2) is 5.78 Å². The molecule has 0 aromatic carbocycles. The molecule has 0 atom stereocenters. The highest BCUT2D eigenvalue weighted by Gasteiger charge is 2.12. The Kier molecular flexibility index (Phi) is 9.08. The second-order valence-corrected chi connectivity index (χ2v) is 5.52. The van der Waals surface area contributed by atoms with E-state index in [2.05, 4.69) is 15.6 Å². The van der Waals surface area contributed by atoms with Crippen LogP contribution in [0.5, 0.6) is 0 Å². The largest absolute Gasteiger partial charge is 0.370 e. The van der Waals surface area contributed by atoms with E-state index in [0.29, 0.717) is 19.6 Å². The van der Waals surface area contributed by atoms with E-state index in [1.807, 2.05) is 20.2 Å².